The largest absolute Gasteiger partial charge is 0.348 e. The van der Waals surface area contributed by atoms with Crippen molar-refractivity contribution in [3.05, 3.63) is 71.0 Å². The summed E-state index contributed by atoms with van der Waals surface area (Å²) in [6.45, 7) is 6.85. The highest BCUT2D eigenvalue weighted by Gasteiger charge is 2.27. The van der Waals surface area contributed by atoms with E-state index in [1.165, 1.54) is 0 Å². The van der Waals surface area contributed by atoms with Crippen molar-refractivity contribution in [1.82, 2.24) is 24.4 Å². The maximum absolute atomic E-state index is 13.3. The van der Waals surface area contributed by atoms with Crippen LogP contribution in [0.3, 0.4) is 0 Å². The first-order valence-electron chi connectivity index (χ1n) is 11.3. The van der Waals surface area contributed by atoms with E-state index in [-0.39, 0.29) is 11.5 Å². The van der Waals surface area contributed by atoms with E-state index in [4.69, 9.17) is 0 Å². The Balaban J connectivity index is 1.41. The van der Waals surface area contributed by atoms with E-state index in [1.54, 1.807) is 23.2 Å². The molecule has 0 aliphatic carbocycles. The smallest absolute Gasteiger partial charge is 0.294 e. The van der Waals surface area contributed by atoms with Crippen LogP contribution in [0, 0.1) is 5.92 Å². The van der Waals surface area contributed by atoms with Gasteiger partial charge in [-0.05, 0) is 23.4 Å². The summed E-state index contributed by atoms with van der Waals surface area (Å²) in [7, 11) is 0. The molecule has 4 heterocycles. The van der Waals surface area contributed by atoms with Gasteiger partial charge in [-0.15, -0.1) is 0 Å². The highest BCUT2D eigenvalue weighted by atomic mass is 16.2. The second kappa shape index (κ2) is 8.61. The van der Waals surface area contributed by atoms with E-state index < -0.39 is 0 Å². The number of carbonyl (C=O) groups excluding carboxylic acids is 1. The molecule has 1 aliphatic heterocycles. The topological polar surface area (TPSA) is 84.2 Å². The molecule has 5 rings (SSSR count). The predicted molar refractivity (Wildman–Crippen MR) is 128 cm³/mol. The summed E-state index contributed by atoms with van der Waals surface area (Å²) >= 11 is 0. The van der Waals surface area contributed by atoms with E-state index in [0.29, 0.717) is 50.2 Å². The molecular formula is C25H26N6O2. The molecule has 0 unspecified atom stereocenters. The molecule has 168 valence electrons. The number of hydrogen-bond acceptors (Lipinski definition) is 6. The van der Waals surface area contributed by atoms with E-state index in [0.717, 1.165) is 21.8 Å². The van der Waals surface area contributed by atoms with Gasteiger partial charge in [0.05, 0.1) is 17.2 Å². The van der Waals surface area contributed by atoms with Crippen molar-refractivity contribution in [3.8, 4) is 0 Å². The zero-order chi connectivity index (χ0) is 22.9. The van der Waals surface area contributed by atoms with Crippen LogP contribution in [0.15, 0.2) is 59.8 Å². The molecule has 4 aromatic rings. The lowest BCUT2D eigenvalue weighted by Crippen LogP contribution is -2.50. The fourth-order valence-corrected chi connectivity index (χ4v) is 4.39. The highest BCUT2D eigenvalue weighted by Crippen LogP contribution is 2.20. The van der Waals surface area contributed by atoms with Crippen LogP contribution in [0.25, 0.3) is 21.8 Å². The summed E-state index contributed by atoms with van der Waals surface area (Å²) < 4.78 is 1.77. The molecule has 1 fully saturated rings. The van der Waals surface area contributed by atoms with Crippen LogP contribution in [0.1, 0.15) is 24.3 Å². The Kier molecular flexibility index (Phi) is 5.50. The van der Waals surface area contributed by atoms with Gasteiger partial charge in [-0.2, -0.15) is 0 Å². The van der Waals surface area contributed by atoms with Crippen LogP contribution in [-0.2, 0) is 6.54 Å². The normalized spacial score (nSPS) is 14.4. The number of anilines is 1. The summed E-state index contributed by atoms with van der Waals surface area (Å²) in [5.41, 5.74) is 1.85. The molecule has 0 saturated carbocycles. The molecule has 0 spiro atoms. The van der Waals surface area contributed by atoms with Crippen LogP contribution in [0.4, 0.5) is 5.82 Å². The van der Waals surface area contributed by atoms with Crippen molar-refractivity contribution < 1.29 is 4.79 Å². The number of hydrogen-bond donors (Lipinski definition) is 0. The Morgan fingerprint density at radius 2 is 1.82 bits per heavy atom. The molecule has 1 aliphatic rings. The molecule has 0 atom stereocenters. The van der Waals surface area contributed by atoms with Gasteiger partial charge in [-0.1, -0.05) is 38.1 Å². The van der Waals surface area contributed by atoms with Gasteiger partial charge < -0.3 is 14.4 Å². The maximum atomic E-state index is 13.3. The Morgan fingerprint density at radius 3 is 2.61 bits per heavy atom. The van der Waals surface area contributed by atoms with Gasteiger partial charge in [0.25, 0.3) is 11.5 Å². The third-order valence-electron chi connectivity index (χ3n) is 6.02. The summed E-state index contributed by atoms with van der Waals surface area (Å²) in [6.07, 6.45) is 5.07. The average Bonchev–Trinajstić information content (AvgIpc) is 2.85. The van der Waals surface area contributed by atoms with Crippen molar-refractivity contribution in [3.63, 3.8) is 0 Å². The van der Waals surface area contributed by atoms with Crippen LogP contribution < -0.4 is 10.5 Å². The lowest BCUT2D eigenvalue weighted by molar-refractivity contribution is 0.0742. The first-order valence-corrected chi connectivity index (χ1v) is 11.3. The summed E-state index contributed by atoms with van der Waals surface area (Å²) in [5, 5.41) is 1.85. The van der Waals surface area contributed by atoms with Crippen molar-refractivity contribution in [2.75, 3.05) is 31.1 Å². The molecule has 0 N–H and O–H groups in total. The first kappa shape index (κ1) is 21.1. The predicted octanol–water partition coefficient (Wildman–Crippen LogP) is 2.96. The van der Waals surface area contributed by atoms with Crippen molar-refractivity contribution in [2.45, 2.75) is 20.4 Å². The molecule has 0 bridgehead atoms. The number of fused-ring (bicyclic) bond motifs is 2. The molecule has 1 aromatic carbocycles. The minimum Gasteiger partial charge on any atom is -0.348 e. The van der Waals surface area contributed by atoms with E-state index in [9.17, 15) is 9.59 Å². The quantitative estimate of drug-likeness (QED) is 0.483. The van der Waals surface area contributed by atoms with Crippen LogP contribution in [0.5, 0.6) is 0 Å². The summed E-state index contributed by atoms with van der Waals surface area (Å²) in [6, 6.07) is 11.5. The summed E-state index contributed by atoms with van der Waals surface area (Å²) in [4.78, 5) is 43.6. The van der Waals surface area contributed by atoms with Crippen molar-refractivity contribution in [1.29, 1.82) is 0 Å². The van der Waals surface area contributed by atoms with Gasteiger partial charge >= 0.3 is 0 Å². The lowest BCUT2D eigenvalue weighted by atomic mass is 10.1. The molecular weight excluding hydrogens is 416 g/mol. The number of nitrogens with zero attached hydrogens (tertiary/aromatic N) is 6. The third kappa shape index (κ3) is 3.92. The number of aromatic nitrogens is 4. The number of carbonyl (C=O) groups is 1. The van der Waals surface area contributed by atoms with Crippen LogP contribution >= 0.6 is 0 Å². The average molecular weight is 443 g/mol. The molecule has 8 heteroatoms. The molecule has 1 amide bonds. The van der Waals surface area contributed by atoms with E-state index in [2.05, 4.69) is 28.8 Å². The Morgan fingerprint density at radius 1 is 1.03 bits per heavy atom. The molecule has 1 saturated heterocycles. The third-order valence-corrected chi connectivity index (χ3v) is 6.02. The first-order chi connectivity index (χ1) is 16.0. The maximum Gasteiger partial charge on any atom is 0.294 e. The second-order valence-corrected chi connectivity index (χ2v) is 8.77. The molecule has 8 nitrogen and oxygen atoms in total. The van der Waals surface area contributed by atoms with Crippen LogP contribution in [-0.4, -0.2) is 56.5 Å². The number of amides is 1. The zero-order valence-electron chi connectivity index (χ0n) is 18.8. The highest BCUT2D eigenvalue weighted by molar-refractivity contribution is 6.05. The minimum absolute atomic E-state index is 0.0822. The van der Waals surface area contributed by atoms with Gasteiger partial charge in [-0.3, -0.25) is 19.6 Å². The standard InChI is InChI=1S/C25H26N6O2/c1-17(2)16-31-21-15-26-9-8-20(21)28-23(25(31)33)29-11-13-30(14-12-29)24(32)22-19-6-4-3-5-18(19)7-10-27-22/h3-10,15,17H,11-14,16H2,1-2H3. The lowest BCUT2D eigenvalue weighted by Gasteiger charge is -2.35. The fourth-order valence-electron chi connectivity index (χ4n) is 4.39. The number of piperazine rings is 1. The van der Waals surface area contributed by atoms with Crippen molar-refractivity contribution in [2.24, 2.45) is 5.92 Å². The number of rotatable bonds is 4. The van der Waals surface area contributed by atoms with Gasteiger partial charge in [0.15, 0.2) is 5.82 Å². The van der Waals surface area contributed by atoms with Gasteiger partial charge in [0.2, 0.25) is 0 Å². The molecule has 33 heavy (non-hydrogen) atoms. The van der Waals surface area contributed by atoms with Crippen molar-refractivity contribution >= 4 is 33.5 Å². The Labute approximate surface area is 191 Å². The molecule has 3 aromatic heterocycles. The summed E-state index contributed by atoms with van der Waals surface area (Å²) in [5.74, 6) is 0.662. The minimum atomic E-state index is -0.111. The van der Waals surface area contributed by atoms with Gasteiger partial charge in [0, 0.05) is 50.5 Å². The van der Waals surface area contributed by atoms with E-state index in [1.807, 2.05) is 46.2 Å². The number of pyridine rings is 2. The van der Waals surface area contributed by atoms with Crippen LogP contribution in [0.2, 0.25) is 0 Å². The SMILES string of the molecule is CC(C)Cn1c(=O)c(N2CCN(C(=O)c3nccc4ccccc34)CC2)nc2ccncc21. The van der Waals surface area contributed by atoms with E-state index >= 15 is 0 Å². The fraction of sp³-hybridized carbons (Fsp3) is 0.320. The second-order valence-electron chi connectivity index (χ2n) is 8.77. The zero-order valence-corrected chi connectivity index (χ0v) is 18.8. The Bertz CT molecular complexity index is 1380. The molecule has 0 radical (unpaired) electrons. The monoisotopic (exact) mass is 442 g/mol. The number of benzene rings is 1. The Hall–Kier alpha value is -3.81. The van der Waals surface area contributed by atoms with Gasteiger partial charge in [-0.25, -0.2) is 4.98 Å². The van der Waals surface area contributed by atoms with Gasteiger partial charge in [0.1, 0.15) is 5.69 Å².